The Morgan fingerprint density at radius 2 is 1.05 bits per heavy atom. The highest BCUT2D eigenvalue weighted by atomic mass is 16.8. The first-order chi connectivity index (χ1) is 26.0. The fourth-order valence-electron chi connectivity index (χ4n) is 6.38. The predicted molar refractivity (Wildman–Crippen MR) is 185 cm³/mol. The molecule has 0 bridgehead atoms. The van der Waals surface area contributed by atoms with Crippen LogP contribution >= 0.6 is 0 Å². The van der Waals surface area contributed by atoms with Gasteiger partial charge in [-0.3, -0.25) is 19.2 Å². The van der Waals surface area contributed by atoms with E-state index in [0.29, 0.717) is 12.8 Å². The van der Waals surface area contributed by atoms with E-state index < -0.39 is 117 Å². The largest absolute Gasteiger partial charge is 0.479 e. The van der Waals surface area contributed by atoms with Crippen molar-refractivity contribution >= 4 is 29.8 Å². The Morgan fingerprint density at radius 1 is 0.582 bits per heavy atom. The molecule has 0 aromatic heterocycles. The van der Waals surface area contributed by atoms with Gasteiger partial charge in [-0.1, -0.05) is 64.2 Å². The summed E-state index contributed by atoms with van der Waals surface area (Å²) in [6, 6.07) is 0. The van der Waals surface area contributed by atoms with Gasteiger partial charge in [-0.05, 0) is 19.3 Å². The number of aliphatic hydroxyl groups is 5. The van der Waals surface area contributed by atoms with Crippen molar-refractivity contribution in [1.29, 1.82) is 0 Å². The summed E-state index contributed by atoms with van der Waals surface area (Å²) in [5, 5.41) is 60.9. The SMILES string of the molecule is CC(=O)OC[C@H]1O[C@@H](OC(O)CCCCCCCCCCCCCC(O)C(=O)O)[C@H](O)[C@@H](O)[C@@H]1O[C@@H]1O[C@H](CO)[C@@H](OC(C)=O)[C@H](OC(C)=O)[C@H]1OC(C)=O. The van der Waals surface area contributed by atoms with Crippen LogP contribution in [0.2, 0.25) is 0 Å². The maximum Gasteiger partial charge on any atom is 0.332 e. The maximum atomic E-state index is 12.1. The third-order valence-electron chi connectivity index (χ3n) is 9.07. The van der Waals surface area contributed by atoms with Crippen LogP contribution in [0.25, 0.3) is 0 Å². The van der Waals surface area contributed by atoms with Crippen molar-refractivity contribution in [3.8, 4) is 0 Å². The van der Waals surface area contributed by atoms with Crippen LogP contribution in [0, 0.1) is 0 Å². The molecule has 19 nitrogen and oxygen atoms in total. The van der Waals surface area contributed by atoms with Gasteiger partial charge in [0.2, 0.25) is 0 Å². The average molecular weight is 797 g/mol. The number of carbonyl (C=O) groups excluding carboxylic acids is 4. The summed E-state index contributed by atoms with van der Waals surface area (Å²) in [5.74, 6) is -4.49. The monoisotopic (exact) mass is 796 g/mol. The van der Waals surface area contributed by atoms with Crippen molar-refractivity contribution in [2.24, 2.45) is 0 Å². The Labute approximate surface area is 320 Å². The van der Waals surface area contributed by atoms with Crippen molar-refractivity contribution in [3.63, 3.8) is 0 Å². The number of aliphatic carboxylic acids is 1. The molecule has 2 rings (SSSR count). The number of hydrogen-bond donors (Lipinski definition) is 6. The van der Waals surface area contributed by atoms with Crippen LogP contribution in [0.3, 0.4) is 0 Å². The molecule has 2 saturated heterocycles. The molecule has 0 aromatic rings. The number of carboxylic acid groups (broad SMARTS) is 1. The van der Waals surface area contributed by atoms with E-state index in [0.717, 1.165) is 85.5 Å². The second kappa shape index (κ2) is 25.3. The molecule has 0 amide bonds. The fraction of sp³-hybridized carbons (Fsp3) is 0.861. The number of rotatable bonds is 25. The van der Waals surface area contributed by atoms with E-state index in [-0.39, 0.29) is 12.8 Å². The summed E-state index contributed by atoms with van der Waals surface area (Å²) in [6.45, 7) is 2.95. The van der Waals surface area contributed by atoms with E-state index >= 15 is 0 Å². The van der Waals surface area contributed by atoms with Gasteiger partial charge in [0, 0.05) is 27.7 Å². The van der Waals surface area contributed by atoms with E-state index in [1.165, 1.54) is 0 Å². The second-order valence-corrected chi connectivity index (χ2v) is 13.8. The van der Waals surface area contributed by atoms with E-state index in [9.17, 15) is 49.5 Å². The smallest absolute Gasteiger partial charge is 0.332 e. The lowest BCUT2D eigenvalue weighted by atomic mass is 9.96. The lowest BCUT2D eigenvalue weighted by Gasteiger charge is -2.47. The third-order valence-corrected chi connectivity index (χ3v) is 9.07. The Kier molecular flexibility index (Phi) is 22.1. The summed E-state index contributed by atoms with van der Waals surface area (Å²) in [7, 11) is 0. The molecule has 12 atom stereocenters. The van der Waals surface area contributed by atoms with E-state index in [1.807, 2.05) is 0 Å². The molecule has 2 aliphatic rings. The van der Waals surface area contributed by atoms with Crippen LogP contribution in [0.4, 0.5) is 0 Å². The second-order valence-electron chi connectivity index (χ2n) is 13.8. The van der Waals surface area contributed by atoms with Gasteiger partial charge in [0.1, 0.15) is 37.1 Å². The molecule has 2 heterocycles. The van der Waals surface area contributed by atoms with Crippen LogP contribution < -0.4 is 0 Å². The zero-order valence-corrected chi connectivity index (χ0v) is 32.0. The number of unbranched alkanes of at least 4 members (excludes halogenated alkanes) is 10. The molecule has 318 valence electrons. The average Bonchev–Trinajstić information content (AvgIpc) is 3.10. The summed E-state index contributed by atoms with van der Waals surface area (Å²) >= 11 is 0. The topological polar surface area (TPSA) is 281 Å². The van der Waals surface area contributed by atoms with Crippen molar-refractivity contribution < 1.29 is 92.5 Å². The molecule has 2 unspecified atom stereocenters. The number of hydrogen-bond acceptors (Lipinski definition) is 18. The molecule has 2 fully saturated rings. The summed E-state index contributed by atoms with van der Waals surface area (Å²) in [6.07, 6.45) is -8.05. The maximum absolute atomic E-state index is 12.1. The van der Waals surface area contributed by atoms with Gasteiger partial charge < -0.3 is 68.5 Å². The molecule has 0 aromatic carbocycles. The molecular weight excluding hydrogens is 736 g/mol. The predicted octanol–water partition coefficient (Wildman–Crippen LogP) is 0.746. The van der Waals surface area contributed by atoms with Crippen molar-refractivity contribution in [2.45, 2.75) is 185 Å². The minimum Gasteiger partial charge on any atom is -0.479 e. The lowest BCUT2D eigenvalue weighted by molar-refractivity contribution is -0.370. The fourth-order valence-corrected chi connectivity index (χ4v) is 6.38. The van der Waals surface area contributed by atoms with Gasteiger partial charge >= 0.3 is 29.8 Å². The quantitative estimate of drug-likeness (QED) is 0.0322. The lowest BCUT2D eigenvalue weighted by Crippen LogP contribution is -2.66. The molecular formula is C36H60O19. The Hall–Kier alpha value is -3.01. The molecule has 0 spiro atoms. The number of esters is 4. The van der Waals surface area contributed by atoms with Gasteiger partial charge in [-0.25, -0.2) is 4.79 Å². The minimum atomic E-state index is -1.84. The number of carboxylic acids is 1. The number of ether oxygens (including phenoxy) is 8. The summed E-state index contributed by atoms with van der Waals surface area (Å²) in [5.41, 5.74) is 0. The Balaban J connectivity index is 1.95. The first kappa shape index (κ1) is 48.1. The van der Waals surface area contributed by atoms with E-state index in [1.54, 1.807) is 0 Å². The Bertz CT molecular complexity index is 1180. The highest BCUT2D eigenvalue weighted by Crippen LogP contribution is 2.34. The normalized spacial score (nSPS) is 29.1. The first-order valence-corrected chi connectivity index (χ1v) is 18.9. The van der Waals surface area contributed by atoms with Gasteiger partial charge in [0.25, 0.3) is 0 Å². The van der Waals surface area contributed by atoms with Crippen LogP contribution in [0.15, 0.2) is 0 Å². The van der Waals surface area contributed by atoms with Gasteiger partial charge in [-0.2, -0.15) is 0 Å². The van der Waals surface area contributed by atoms with Crippen molar-refractivity contribution in [1.82, 2.24) is 0 Å². The summed E-state index contributed by atoms with van der Waals surface area (Å²) in [4.78, 5) is 58.4. The number of carbonyl (C=O) groups is 5. The molecule has 0 saturated carbocycles. The highest BCUT2D eigenvalue weighted by Gasteiger charge is 2.55. The molecule has 2 aliphatic heterocycles. The van der Waals surface area contributed by atoms with Crippen LogP contribution in [-0.2, 0) is 61.9 Å². The zero-order chi connectivity index (χ0) is 41.1. The summed E-state index contributed by atoms with van der Waals surface area (Å²) < 4.78 is 44.1. The molecule has 55 heavy (non-hydrogen) atoms. The molecule has 0 aliphatic carbocycles. The van der Waals surface area contributed by atoms with Crippen LogP contribution in [0.5, 0.6) is 0 Å². The molecule has 0 radical (unpaired) electrons. The number of aliphatic hydroxyl groups excluding tert-OH is 5. The standard InChI is InChI=1S/C36H60O19/c1-20(38)48-19-26-30(55-36-33(51-23(4)41)32(50-22(3)40)31(49-21(2)39)25(18-37)52-36)28(44)29(45)35(53-26)54-27(43)17-15-13-11-9-7-5-6-8-10-12-14-16-24(42)34(46)47/h24-33,35-37,42-45H,5-19H2,1-4H3,(H,46,47)/t24?,25-,26-,27?,28-,29-,30-,31-,32+,33-,35+,36+/m1/s1. The third kappa shape index (κ3) is 17.3. The van der Waals surface area contributed by atoms with E-state index in [4.69, 9.17) is 43.0 Å². The van der Waals surface area contributed by atoms with Gasteiger partial charge in [-0.15, -0.1) is 0 Å². The molecule has 19 heteroatoms. The van der Waals surface area contributed by atoms with Gasteiger partial charge in [0.05, 0.1) is 6.61 Å². The van der Waals surface area contributed by atoms with E-state index in [2.05, 4.69) is 0 Å². The first-order valence-electron chi connectivity index (χ1n) is 18.9. The minimum absolute atomic E-state index is 0.192. The van der Waals surface area contributed by atoms with Crippen LogP contribution in [-0.4, -0.2) is 148 Å². The Morgan fingerprint density at radius 3 is 1.55 bits per heavy atom. The zero-order valence-electron chi connectivity index (χ0n) is 32.0. The van der Waals surface area contributed by atoms with Gasteiger partial charge in [0.15, 0.2) is 43.3 Å². The highest BCUT2D eigenvalue weighted by molar-refractivity contribution is 5.71. The molecule has 6 N–H and O–H groups in total. The van der Waals surface area contributed by atoms with Crippen molar-refractivity contribution in [3.05, 3.63) is 0 Å². The van der Waals surface area contributed by atoms with Crippen LogP contribution in [0.1, 0.15) is 111 Å². The van der Waals surface area contributed by atoms with Crippen molar-refractivity contribution in [2.75, 3.05) is 13.2 Å².